The Balaban J connectivity index is 1.80. The molecule has 134 valence electrons. The lowest BCUT2D eigenvalue weighted by Gasteiger charge is -2.23. The van der Waals surface area contributed by atoms with Crippen LogP contribution in [0, 0.1) is 0 Å². The van der Waals surface area contributed by atoms with Gasteiger partial charge in [-0.2, -0.15) is 0 Å². The largest absolute Gasteiger partial charge is 0.341 e. The summed E-state index contributed by atoms with van der Waals surface area (Å²) in [6, 6.07) is 19.4. The summed E-state index contributed by atoms with van der Waals surface area (Å²) in [6.07, 6.45) is 1.65. The fourth-order valence-corrected chi connectivity index (χ4v) is 3.67. The molecule has 3 aromatic rings. The lowest BCUT2D eigenvalue weighted by atomic mass is 10.2. The molecule has 0 saturated carbocycles. The quantitative estimate of drug-likeness (QED) is 0.666. The predicted molar refractivity (Wildman–Crippen MR) is 106 cm³/mol. The van der Waals surface area contributed by atoms with Gasteiger partial charge >= 0.3 is 0 Å². The van der Waals surface area contributed by atoms with E-state index in [9.17, 15) is 8.42 Å². The zero-order valence-electron chi connectivity index (χ0n) is 14.1. The van der Waals surface area contributed by atoms with Gasteiger partial charge in [0.1, 0.15) is 5.82 Å². The van der Waals surface area contributed by atoms with E-state index in [1.54, 1.807) is 12.3 Å². The monoisotopic (exact) mass is 387 g/mol. The van der Waals surface area contributed by atoms with E-state index in [0.29, 0.717) is 5.02 Å². The maximum Gasteiger partial charge on any atom is 0.263 e. The fraction of sp³-hybridized carbons (Fsp3) is 0.105. The number of nitrogens with zero attached hydrogens (tertiary/aromatic N) is 2. The third-order valence-corrected chi connectivity index (χ3v) is 5.43. The van der Waals surface area contributed by atoms with E-state index >= 15 is 0 Å². The Bertz CT molecular complexity index is 960. The molecule has 0 spiro atoms. The SMILES string of the molecule is CCN(c1ccccc1)c1ccc(NS(=O)(=O)c2ccc(Cl)cc2)nc1. The van der Waals surface area contributed by atoms with Crippen molar-refractivity contribution in [2.24, 2.45) is 0 Å². The summed E-state index contributed by atoms with van der Waals surface area (Å²) < 4.78 is 27.3. The van der Waals surface area contributed by atoms with E-state index in [2.05, 4.69) is 14.6 Å². The molecule has 26 heavy (non-hydrogen) atoms. The minimum atomic E-state index is -3.71. The number of benzene rings is 2. The minimum absolute atomic E-state index is 0.132. The molecule has 1 heterocycles. The zero-order chi connectivity index (χ0) is 18.6. The van der Waals surface area contributed by atoms with Crippen LogP contribution in [0.4, 0.5) is 17.2 Å². The van der Waals surface area contributed by atoms with Crippen molar-refractivity contribution in [1.82, 2.24) is 4.98 Å². The molecular formula is C19H18ClN3O2S. The lowest BCUT2D eigenvalue weighted by molar-refractivity contribution is 0.601. The molecule has 5 nitrogen and oxygen atoms in total. The maximum atomic E-state index is 12.4. The highest BCUT2D eigenvalue weighted by Crippen LogP contribution is 2.25. The first-order valence-corrected chi connectivity index (χ1v) is 9.93. The molecule has 7 heteroatoms. The predicted octanol–water partition coefficient (Wildman–Crippen LogP) is 4.69. The van der Waals surface area contributed by atoms with Gasteiger partial charge in [0, 0.05) is 17.3 Å². The molecule has 0 aliphatic carbocycles. The van der Waals surface area contributed by atoms with Gasteiger partial charge in [0.25, 0.3) is 10.0 Å². The molecule has 0 bridgehead atoms. The van der Waals surface area contributed by atoms with Crippen LogP contribution in [0.2, 0.25) is 5.02 Å². The highest BCUT2D eigenvalue weighted by atomic mass is 35.5. The van der Waals surface area contributed by atoms with Crippen molar-refractivity contribution >= 4 is 38.8 Å². The summed E-state index contributed by atoms with van der Waals surface area (Å²) in [5.74, 6) is 0.257. The second kappa shape index (κ2) is 7.76. The molecule has 0 radical (unpaired) electrons. The molecular weight excluding hydrogens is 370 g/mol. The van der Waals surface area contributed by atoms with Crippen LogP contribution in [0.1, 0.15) is 6.92 Å². The topological polar surface area (TPSA) is 62.3 Å². The highest BCUT2D eigenvalue weighted by Gasteiger charge is 2.15. The van der Waals surface area contributed by atoms with Crippen molar-refractivity contribution in [1.29, 1.82) is 0 Å². The second-order valence-corrected chi connectivity index (χ2v) is 7.66. The molecule has 0 atom stereocenters. The van der Waals surface area contributed by atoms with Crippen molar-refractivity contribution in [3.63, 3.8) is 0 Å². The van der Waals surface area contributed by atoms with Crippen molar-refractivity contribution in [3.05, 3.63) is 77.9 Å². The average Bonchev–Trinajstić information content (AvgIpc) is 2.65. The highest BCUT2D eigenvalue weighted by molar-refractivity contribution is 7.92. The van der Waals surface area contributed by atoms with Crippen LogP contribution in [-0.4, -0.2) is 19.9 Å². The molecule has 0 amide bonds. The number of nitrogens with one attached hydrogen (secondary N) is 1. The number of rotatable bonds is 6. The summed E-state index contributed by atoms with van der Waals surface area (Å²) >= 11 is 5.80. The fourth-order valence-electron chi connectivity index (χ4n) is 2.54. The number of hydrogen-bond acceptors (Lipinski definition) is 4. The van der Waals surface area contributed by atoms with Crippen LogP contribution in [0.5, 0.6) is 0 Å². The number of para-hydroxylation sites is 1. The third-order valence-electron chi connectivity index (χ3n) is 3.81. The number of aromatic nitrogens is 1. The van der Waals surface area contributed by atoms with Crippen LogP contribution in [0.25, 0.3) is 0 Å². The van der Waals surface area contributed by atoms with Gasteiger partial charge in [0.2, 0.25) is 0 Å². The number of halogens is 1. The lowest BCUT2D eigenvalue weighted by Crippen LogP contribution is -2.17. The first-order chi connectivity index (χ1) is 12.5. The maximum absolute atomic E-state index is 12.4. The van der Waals surface area contributed by atoms with Gasteiger partial charge in [-0.15, -0.1) is 0 Å². The molecule has 0 saturated heterocycles. The Morgan fingerprint density at radius 2 is 1.65 bits per heavy atom. The Morgan fingerprint density at radius 1 is 0.962 bits per heavy atom. The number of sulfonamides is 1. The second-order valence-electron chi connectivity index (χ2n) is 5.54. The molecule has 0 aliphatic heterocycles. The molecule has 1 aromatic heterocycles. The molecule has 1 N–H and O–H groups in total. The number of hydrogen-bond donors (Lipinski definition) is 1. The van der Waals surface area contributed by atoms with Crippen molar-refractivity contribution in [2.75, 3.05) is 16.2 Å². The summed E-state index contributed by atoms with van der Waals surface area (Å²) in [7, 11) is -3.71. The molecule has 3 rings (SSSR count). The molecule has 0 fully saturated rings. The van der Waals surface area contributed by atoms with Crippen molar-refractivity contribution in [2.45, 2.75) is 11.8 Å². The van der Waals surface area contributed by atoms with Crippen molar-refractivity contribution in [3.8, 4) is 0 Å². The van der Waals surface area contributed by atoms with E-state index in [1.807, 2.05) is 43.3 Å². The Hall–Kier alpha value is -2.57. The Kier molecular flexibility index (Phi) is 5.44. The zero-order valence-corrected chi connectivity index (χ0v) is 15.7. The van der Waals surface area contributed by atoms with Gasteiger partial charge in [-0.3, -0.25) is 4.72 Å². The third kappa shape index (κ3) is 4.15. The van der Waals surface area contributed by atoms with Crippen LogP contribution in [0.3, 0.4) is 0 Å². The van der Waals surface area contributed by atoms with Gasteiger partial charge in [-0.1, -0.05) is 29.8 Å². The average molecular weight is 388 g/mol. The Morgan fingerprint density at radius 3 is 2.23 bits per heavy atom. The normalized spacial score (nSPS) is 11.2. The van der Waals surface area contributed by atoms with Gasteiger partial charge in [-0.25, -0.2) is 13.4 Å². The van der Waals surface area contributed by atoms with Gasteiger partial charge in [0.15, 0.2) is 0 Å². The first kappa shape index (κ1) is 18.2. The van der Waals surface area contributed by atoms with Gasteiger partial charge in [-0.05, 0) is 55.5 Å². The molecule has 0 unspecified atom stereocenters. The van der Waals surface area contributed by atoms with E-state index in [-0.39, 0.29) is 10.7 Å². The van der Waals surface area contributed by atoms with Crippen molar-refractivity contribution < 1.29 is 8.42 Å². The van der Waals surface area contributed by atoms with E-state index < -0.39 is 10.0 Å². The summed E-state index contributed by atoms with van der Waals surface area (Å²) in [4.78, 5) is 6.46. The Labute approximate surface area is 158 Å². The summed E-state index contributed by atoms with van der Waals surface area (Å²) in [5, 5.41) is 0.479. The van der Waals surface area contributed by atoms with E-state index in [1.165, 1.54) is 24.3 Å². The van der Waals surface area contributed by atoms with Crippen LogP contribution in [0.15, 0.2) is 77.8 Å². The smallest absolute Gasteiger partial charge is 0.263 e. The number of anilines is 3. The van der Waals surface area contributed by atoms with Crippen LogP contribution in [-0.2, 0) is 10.0 Å². The molecule has 0 aliphatic rings. The summed E-state index contributed by atoms with van der Waals surface area (Å²) in [6.45, 7) is 2.81. The van der Waals surface area contributed by atoms with Gasteiger partial charge < -0.3 is 4.90 Å². The first-order valence-electron chi connectivity index (χ1n) is 8.06. The standard InChI is InChI=1S/C19H18ClN3O2S/c1-2-23(16-6-4-3-5-7-16)17-10-13-19(21-14-17)22-26(24,25)18-11-8-15(20)9-12-18/h3-14H,2H2,1H3,(H,21,22). The van der Waals surface area contributed by atoms with Gasteiger partial charge in [0.05, 0.1) is 16.8 Å². The summed E-state index contributed by atoms with van der Waals surface area (Å²) in [5.41, 5.74) is 1.93. The van der Waals surface area contributed by atoms with E-state index in [0.717, 1.165) is 17.9 Å². The number of pyridine rings is 1. The van der Waals surface area contributed by atoms with Crippen LogP contribution >= 0.6 is 11.6 Å². The van der Waals surface area contributed by atoms with Crippen LogP contribution < -0.4 is 9.62 Å². The minimum Gasteiger partial charge on any atom is -0.341 e. The van der Waals surface area contributed by atoms with E-state index in [4.69, 9.17) is 11.6 Å². The molecule has 2 aromatic carbocycles.